The van der Waals surface area contributed by atoms with Crippen molar-refractivity contribution < 1.29 is 14.4 Å². The molecular weight excluding hydrogens is 364 g/mol. The Kier molecular flexibility index (Phi) is 5.05. The zero-order valence-electron chi connectivity index (χ0n) is 16.6. The summed E-state index contributed by atoms with van der Waals surface area (Å²) in [4.78, 5) is 39.4. The van der Waals surface area contributed by atoms with E-state index in [1.807, 2.05) is 44.2 Å². The van der Waals surface area contributed by atoms with Crippen molar-refractivity contribution in [2.45, 2.75) is 32.7 Å². The zero-order chi connectivity index (χ0) is 20.5. The average molecular weight is 388 g/mol. The van der Waals surface area contributed by atoms with Crippen molar-refractivity contribution in [2.75, 3.05) is 4.90 Å². The molecule has 1 aliphatic carbocycles. The molecule has 0 radical (unpaired) electrons. The van der Waals surface area contributed by atoms with Crippen molar-refractivity contribution in [3.8, 4) is 0 Å². The van der Waals surface area contributed by atoms with E-state index in [2.05, 4.69) is 11.4 Å². The molecule has 0 aromatic heterocycles. The van der Waals surface area contributed by atoms with E-state index < -0.39 is 0 Å². The Balaban J connectivity index is 1.47. The second-order valence-electron chi connectivity index (χ2n) is 7.87. The predicted octanol–water partition coefficient (Wildman–Crippen LogP) is 4.02. The fourth-order valence-corrected chi connectivity index (χ4v) is 4.16. The van der Waals surface area contributed by atoms with E-state index in [1.165, 1.54) is 4.90 Å². The summed E-state index contributed by atoms with van der Waals surface area (Å²) in [6.07, 6.45) is 3.32. The third-order valence-corrected chi connectivity index (χ3v) is 5.86. The van der Waals surface area contributed by atoms with Gasteiger partial charge in [-0.15, -0.1) is 0 Å². The highest BCUT2D eigenvalue weighted by Gasteiger charge is 2.48. The molecule has 1 heterocycles. The van der Waals surface area contributed by atoms with Gasteiger partial charge in [-0.2, -0.15) is 0 Å². The highest BCUT2D eigenvalue weighted by Crippen LogP contribution is 2.39. The molecule has 4 rings (SSSR count). The number of nitrogens with zero attached hydrogens (tertiary/aromatic N) is 1. The van der Waals surface area contributed by atoms with Gasteiger partial charge in [-0.3, -0.25) is 19.3 Å². The monoisotopic (exact) mass is 388 g/mol. The van der Waals surface area contributed by atoms with Crippen molar-refractivity contribution in [2.24, 2.45) is 11.8 Å². The largest absolute Gasteiger partial charge is 0.346 e. The standard InChI is InChI=1S/C24H24N2O3/c1-15-8-13-20-21(14-15)24(29)26(23(20)28)19-11-9-18(10-12-19)22(27)25-16(2)17-6-4-3-5-7-17/h3-12,16,20-21H,13-14H2,1-2H3,(H,25,27)/t16-,20+,21-/m1/s1. The van der Waals surface area contributed by atoms with Crippen LogP contribution in [0.3, 0.4) is 0 Å². The lowest BCUT2D eigenvalue weighted by Gasteiger charge is -2.18. The zero-order valence-corrected chi connectivity index (χ0v) is 16.6. The van der Waals surface area contributed by atoms with Crippen molar-refractivity contribution in [1.82, 2.24) is 5.32 Å². The first-order valence-corrected chi connectivity index (χ1v) is 9.95. The molecular formula is C24H24N2O3. The number of amides is 3. The molecule has 0 spiro atoms. The summed E-state index contributed by atoms with van der Waals surface area (Å²) in [6, 6.07) is 16.3. The molecule has 3 amide bonds. The fourth-order valence-electron chi connectivity index (χ4n) is 4.16. The number of anilines is 1. The minimum atomic E-state index is -0.263. The minimum Gasteiger partial charge on any atom is -0.346 e. The second kappa shape index (κ2) is 7.66. The molecule has 1 N–H and O–H groups in total. The molecule has 2 aliphatic rings. The van der Waals surface area contributed by atoms with Gasteiger partial charge in [-0.25, -0.2) is 0 Å². The summed E-state index contributed by atoms with van der Waals surface area (Å²) in [5.74, 6) is -0.996. The van der Waals surface area contributed by atoms with E-state index in [4.69, 9.17) is 0 Å². The number of fused-ring (bicyclic) bond motifs is 1. The molecule has 2 aromatic rings. The van der Waals surface area contributed by atoms with Crippen LogP contribution < -0.4 is 10.2 Å². The maximum atomic E-state index is 12.8. The SMILES string of the molecule is CC1=CC[C@@H]2C(=O)N(c3ccc(C(=O)N[C@H](C)c4ccccc4)cc3)C(=O)[C@@H]2C1. The number of carbonyl (C=O) groups excluding carboxylic acids is 3. The van der Waals surface area contributed by atoms with Gasteiger partial charge in [-0.1, -0.05) is 42.0 Å². The Morgan fingerprint density at radius 3 is 2.34 bits per heavy atom. The molecule has 2 aromatic carbocycles. The number of allylic oxidation sites excluding steroid dienone is 2. The van der Waals surface area contributed by atoms with Gasteiger partial charge >= 0.3 is 0 Å². The van der Waals surface area contributed by atoms with Crippen LogP contribution in [0.5, 0.6) is 0 Å². The highest BCUT2D eigenvalue weighted by atomic mass is 16.2. The third kappa shape index (κ3) is 3.60. The number of hydrogen-bond donors (Lipinski definition) is 1. The highest BCUT2D eigenvalue weighted by molar-refractivity contribution is 6.22. The molecule has 0 unspecified atom stereocenters. The first kappa shape index (κ1) is 19.1. The molecule has 5 nitrogen and oxygen atoms in total. The molecule has 148 valence electrons. The Bertz CT molecular complexity index is 979. The van der Waals surface area contributed by atoms with Gasteiger partial charge in [0.2, 0.25) is 11.8 Å². The van der Waals surface area contributed by atoms with Crippen LogP contribution in [-0.2, 0) is 9.59 Å². The van der Waals surface area contributed by atoms with E-state index in [0.717, 1.165) is 11.1 Å². The summed E-state index contributed by atoms with van der Waals surface area (Å²) in [6.45, 7) is 3.93. The summed E-state index contributed by atoms with van der Waals surface area (Å²) < 4.78 is 0. The van der Waals surface area contributed by atoms with Gasteiger partial charge in [0.05, 0.1) is 23.6 Å². The number of carbonyl (C=O) groups is 3. The summed E-state index contributed by atoms with van der Waals surface area (Å²) in [5, 5.41) is 2.97. The topological polar surface area (TPSA) is 66.5 Å². The molecule has 3 atom stereocenters. The van der Waals surface area contributed by atoms with Gasteiger partial charge in [0.25, 0.3) is 5.91 Å². The molecule has 0 bridgehead atoms. The Morgan fingerprint density at radius 1 is 1.00 bits per heavy atom. The molecule has 1 aliphatic heterocycles. The van der Waals surface area contributed by atoms with Gasteiger partial charge in [-0.05, 0) is 56.5 Å². The van der Waals surface area contributed by atoms with E-state index in [-0.39, 0.29) is 35.6 Å². The maximum absolute atomic E-state index is 12.8. The van der Waals surface area contributed by atoms with E-state index >= 15 is 0 Å². The van der Waals surface area contributed by atoms with Crippen molar-refractivity contribution in [3.05, 3.63) is 77.4 Å². The van der Waals surface area contributed by atoms with Crippen LogP contribution in [0.2, 0.25) is 0 Å². The fraction of sp³-hybridized carbons (Fsp3) is 0.292. The molecule has 5 heteroatoms. The van der Waals surface area contributed by atoms with Crippen molar-refractivity contribution in [3.63, 3.8) is 0 Å². The van der Waals surface area contributed by atoms with Crippen LogP contribution >= 0.6 is 0 Å². The first-order chi connectivity index (χ1) is 14.0. The van der Waals surface area contributed by atoms with E-state index in [1.54, 1.807) is 24.3 Å². The molecule has 0 saturated carbocycles. The lowest BCUT2D eigenvalue weighted by Crippen LogP contribution is -2.31. The number of benzene rings is 2. The van der Waals surface area contributed by atoms with Gasteiger partial charge in [0.1, 0.15) is 0 Å². The van der Waals surface area contributed by atoms with Crippen LogP contribution in [0.15, 0.2) is 66.2 Å². The van der Waals surface area contributed by atoms with Gasteiger partial charge in [0, 0.05) is 5.56 Å². The van der Waals surface area contributed by atoms with Crippen LogP contribution in [0, 0.1) is 11.8 Å². The lowest BCUT2D eigenvalue weighted by molar-refractivity contribution is -0.122. The smallest absolute Gasteiger partial charge is 0.251 e. The van der Waals surface area contributed by atoms with Crippen LogP contribution in [-0.4, -0.2) is 17.7 Å². The molecule has 1 fully saturated rings. The van der Waals surface area contributed by atoms with Crippen LogP contribution in [0.4, 0.5) is 5.69 Å². The van der Waals surface area contributed by atoms with Crippen LogP contribution in [0.1, 0.15) is 48.7 Å². The van der Waals surface area contributed by atoms with Crippen molar-refractivity contribution in [1.29, 1.82) is 0 Å². The summed E-state index contributed by atoms with van der Waals surface area (Å²) in [5.41, 5.74) is 3.20. The number of nitrogens with one attached hydrogen (secondary N) is 1. The van der Waals surface area contributed by atoms with Gasteiger partial charge in [0.15, 0.2) is 0 Å². The first-order valence-electron chi connectivity index (χ1n) is 9.95. The third-order valence-electron chi connectivity index (χ3n) is 5.86. The number of rotatable bonds is 4. The number of imide groups is 1. The quantitative estimate of drug-likeness (QED) is 0.635. The van der Waals surface area contributed by atoms with E-state index in [0.29, 0.717) is 24.1 Å². The predicted molar refractivity (Wildman–Crippen MR) is 111 cm³/mol. The summed E-state index contributed by atoms with van der Waals surface area (Å²) in [7, 11) is 0. The number of hydrogen-bond acceptors (Lipinski definition) is 3. The van der Waals surface area contributed by atoms with Crippen LogP contribution in [0.25, 0.3) is 0 Å². The maximum Gasteiger partial charge on any atom is 0.251 e. The molecule has 1 saturated heterocycles. The molecule has 29 heavy (non-hydrogen) atoms. The Morgan fingerprint density at radius 2 is 1.66 bits per heavy atom. The second-order valence-corrected chi connectivity index (χ2v) is 7.87. The van der Waals surface area contributed by atoms with E-state index in [9.17, 15) is 14.4 Å². The Hall–Kier alpha value is -3.21. The lowest BCUT2D eigenvalue weighted by atomic mass is 9.82. The average Bonchev–Trinajstić information content (AvgIpc) is 2.98. The normalized spacial score (nSPS) is 22.1. The Labute approximate surface area is 170 Å². The summed E-state index contributed by atoms with van der Waals surface area (Å²) >= 11 is 0. The van der Waals surface area contributed by atoms with Gasteiger partial charge < -0.3 is 5.32 Å². The minimum absolute atomic E-state index is 0.121. The van der Waals surface area contributed by atoms with Crippen molar-refractivity contribution >= 4 is 23.4 Å².